The number of nitrogen functional groups attached to an aromatic ring is 1. The first kappa shape index (κ1) is 12.7. The molecular weight excluding hydrogens is 256 g/mol. The Balaban J connectivity index is 2.18. The van der Waals surface area contributed by atoms with Gasteiger partial charge in [0.05, 0.1) is 10.6 Å². The van der Waals surface area contributed by atoms with E-state index in [4.69, 9.17) is 5.73 Å². The predicted molar refractivity (Wildman–Crippen MR) is 76.0 cm³/mol. The monoisotopic (exact) mass is 272 g/mol. The molecule has 2 aromatic rings. The Morgan fingerprint density at radius 3 is 2.85 bits per heavy atom. The normalized spacial score (nSPS) is 14.1. The smallest absolute Gasteiger partial charge is 0.271 e. The Labute approximate surface area is 116 Å². The lowest BCUT2D eigenvalue weighted by molar-refractivity contribution is -0.384. The minimum Gasteiger partial charge on any atom is -0.382 e. The van der Waals surface area contributed by atoms with Crippen LogP contribution in [-0.2, 0) is 12.8 Å². The lowest BCUT2D eigenvalue weighted by atomic mass is 9.97. The summed E-state index contributed by atoms with van der Waals surface area (Å²) >= 11 is 0. The van der Waals surface area contributed by atoms with E-state index < -0.39 is 0 Å². The largest absolute Gasteiger partial charge is 0.382 e. The average Bonchev–Trinajstić information content (AvgIpc) is 2.77. The molecule has 0 unspecified atom stereocenters. The van der Waals surface area contributed by atoms with Gasteiger partial charge in [0.2, 0.25) is 0 Å². The van der Waals surface area contributed by atoms with Crippen LogP contribution >= 0.6 is 0 Å². The molecule has 0 aliphatic heterocycles. The van der Waals surface area contributed by atoms with Crippen LogP contribution in [0.3, 0.4) is 0 Å². The molecule has 1 aliphatic rings. The van der Waals surface area contributed by atoms with Crippen molar-refractivity contribution in [1.82, 2.24) is 9.78 Å². The second-order valence-corrected chi connectivity index (χ2v) is 5.16. The molecule has 1 heterocycles. The number of hydrogen-bond acceptors (Lipinski definition) is 4. The molecule has 0 atom stereocenters. The third-order valence-corrected chi connectivity index (χ3v) is 3.84. The molecule has 0 saturated heterocycles. The van der Waals surface area contributed by atoms with Gasteiger partial charge in [0, 0.05) is 23.4 Å². The maximum absolute atomic E-state index is 10.9. The highest BCUT2D eigenvalue weighted by Gasteiger charge is 2.21. The number of nitrogens with zero attached hydrogens (tertiary/aromatic N) is 3. The summed E-state index contributed by atoms with van der Waals surface area (Å²) in [4.78, 5) is 10.6. The molecule has 0 bridgehead atoms. The van der Waals surface area contributed by atoms with Crippen molar-refractivity contribution < 1.29 is 4.92 Å². The number of nitro groups is 1. The third-order valence-electron chi connectivity index (χ3n) is 3.84. The van der Waals surface area contributed by atoms with Crippen molar-refractivity contribution in [3.05, 3.63) is 45.1 Å². The van der Waals surface area contributed by atoms with Crippen molar-refractivity contribution in [3.63, 3.8) is 0 Å². The predicted octanol–water partition coefficient (Wildman–Crippen LogP) is 2.55. The van der Waals surface area contributed by atoms with Crippen molar-refractivity contribution in [2.75, 3.05) is 5.73 Å². The van der Waals surface area contributed by atoms with Gasteiger partial charge in [0.1, 0.15) is 5.82 Å². The van der Waals surface area contributed by atoms with Crippen LogP contribution in [0.5, 0.6) is 0 Å². The minimum atomic E-state index is -0.387. The highest BCUT2D eigenvalue weighted by Crippen LogP contribution is 2.30. The molecule has 0 spiro atoms. The number of aryl methyl sites for hydroxylation is 1. The van der Waals surface area contributed by atoms with Gasteiger partial charge in [0.15, 0.2) is 0 Å². The molecule has 1 aromatic carbocycles. The van der Waals surface area contributed by atoms with Gasteiger partial charge in [-0.25, -0.2) is 4.68 Å². The summed E-state index contributed by atoms with van der Waals surface area (Å²) in [6, 6.07) is 4.83. The zero-order valence-electron chi connectivity index (χ0n) is 11.3. The topological polar surface area (TPSA) is 87.0 Å². The summed E-state index contributed by atoms with van der Waals surface area (Å²) in [6.07, 6.45) is 4.08. The Morgan fingerprint density at radius 1 is 1.35 bits per heavy atom. The summed E-state index contributed by atoms with van der Waals surface area (Å²) < 4.78 is 1.78. The fourth-order valence-corrected chi connectivity index (χ4v) is 2.77. The summed E-state index contributed by atoms with van der Waals surface area (Å²) in [5.74, 6) is 0.547. The van der Waals surface area contributed by atoms with E-state index in [0.717, 1.165) is 48.2 Å². The molecular formula is C14H16N4O2. The van der Waals surface area contributed by atoms with Crippen LogP contribution in [0.1, 0.15) is 29.7 Å². The number of hydrogen-bond donors (Lipinski definition) is 1. The van der Waals surface area contributed by atoms with Crippen LogP contribution in [-0.4, -0.2) is 14.7 Å². The van der Waals surface area contributed by atoms with Crippen molar-refractivity contribution in [2.45, 2.75) is 32.6 Å². The lowest BCUT2D eigenvalue weighted by Gasteiger charge is -2.15. The number of rotatable bonds is 2. The van der Waals surface area contributed by atoms with Gasteiger partial charge in [-0.2, -0.15) is 5.10 Å². The molecule has 6 nitrogen and oxygen atoms in total. The summed E-state index contributed by atoms with van der Waals surface area (Å²) in [6.45, 7) is 1.92. The van der Waals surface area contributed by atoms with Crippen LogP contribution in [0.15, 0.2) is 18.2 Å². The number of non-ortho nitro benzene ring substituents is 1. The Bertz CT molecular complexity index is 691. The SMILES string of the molecule is Cc1ccc([N+](=O)[O-])cc1-n1nc(N)c2c1CCCC2. The van der Waals surface area contributed by atoms with Crippen LogP contribution in [0.4, 0.5) is 11.5 Å². The van der Waals surface area contributed by atoms with Crippen molar-refractivity contribution in [1.29, 1.82) is 0 Å². The fourth-order valence-electron chi connectivity index (χ4n) is 2.77. The van der Waals surface area contributed by atoms with Crippen LogP contribution in [0, 0.1) is 17.0 Å². The summed E-state index contributed by atoms with van der Waals surface area (Å²) in [7, 11) is 0. The lowest BCUT2D eigenvalue weighted by Crippen LogP contribution is -2.09. The Kier molecular flexibility index (Phi) is 2.93. The summed E-state index contributed by atoms with van der Waals surface area (Å²) in [5, 5.41) is 15.3. The molecule has 3 rings (SSSR count). The van der Waals surface area contributed by atoms with Crippen LogP contribution in [0.2, 0.25) is 0 Å². The first-order valence-corrected chi connectivity index (χ1v) is 6.69. The van der Waals surface area contributed by atoms with Crippen LogP contribution < -0.4 is 5.73 Å². The average molecular weight is 272 g/mol. The van der Waals surface area contributed by atoms with Gasteiger partial charge in [0.25, 0.3) is 5.69 Å². The zero-order chi connectivity index (χ0) is 14.3. The van der Waals surface area contributed by atoms with E-state index in [1.807, 2.05) is 6.92 Å². The van der Waals surface area contributed by atoms with Crippen molar-refractivity contribution >= 4 is 11.5 Å². The first-order valence-electron chi connectivity index (χ1n) is 6.69. The van der Waals surface area contributed by atoms with E-state index >= 15 is 0 Å². The van der Waals surface area contributed by atoms with E-state index in [1.165, 1.54) is 6.07 Å². The fraction of sp³-hybridized carbons (Fsp3) is 0.357. The molecule has 6 heteroatoms. The van der Waals surface area contributed by atoms with Gasteiger partial charge in [-0.1, -0.05) is 6.07 Å². The first-order chi connectivity index (χ1) is 9.58. The van der Waals surface area contributed by atoms with E-state index in [0.29, 0.717) is 5.82 Å². The maximum atomic E-state index is 10.9. The standard InChI is InChI=1S/C14H16N4O2/c1-9-6-7-10(18(19)20)8-13(9)17-12-5-3-2-4-11(12)14(15)16-17/h6-8H,2-5H2,1H3,(H2,15,16). The van der Waals surface area contributed by atoms with Gasteiger partial charge < -0.3 is 5.73 Å². The van der Waals surface area contributed by atoms with Gasteiger partial charge in [-0.05, 0) is 38.2 Å². The summed E-state index contributed by atoms with van der Waals surface area (Å²) in [5.41, 5.74) is 9.94. The highest BCUT2D eigenvalue weighted by atomic mass is 16.6. The Hall–Kier alpha value is -2.37. The van der Waals surface area contributed by atoms with Gasteiger partial charge >= 0.3 is 0 Å². The molecule has 0 fully saturated rings. The van der Waals surface area contributed by atoms with Gasteiger partial charge in [-0.15, -0.1) is 0 Å². The Morgan fingerprint density at radius 2 is 2.10 bits per heavy atom. The molecule has 20 heavy (non-hydrogen) atoms. The maximum Gasteiger partial charge on any atom is 0.271 e. The molecule has 2 N–H and O–H groups in total. The van der Waals surface area contributed by atoms with Gasteiger partial charge in [-0.3, -0.25) is 10.1 Å². The molecule has 0 amide bonds. The van der Waals surface area contributed by atoms with Crippen molar-refractivity contribution in [3.8, 4) is 5.69 Å². The van der Waals surface area contributed by atoms with E-state index in [2.05, 4.69) is 5.10 Å². The van der Waals surface area contributed by atoms with Crippen molar-refractivity contribution in [2.24, 2.45) is 0 Å². The quantitative estimate of drug-likeness (QED) is 0.672. The number of nitro benzene ring substituents is 1. The van der Waals surface area contributed by atoms with Crippen LogP contribution in [0.25, 0.3) is 5.69 Å². The van der Waals surface area contributed by atoms with E-state index in [1.54, 1.807) is 16.8 Å². The number of fused-ring (bicyclic) bond motifs is 1. The number of nitrogens with two attached hydrogens (primary N) is 1. The number of aromatic nitrogens is 2. The molecule has 1 aromatic heterocycles. The molecule has 1 aliphatic carbocycles. The van der Waals surface area contributed by atoms with E-state index in [9.17, 15) is 10.1 Å². The third kappa shape index (κ3) is 1.93. The number of benzene rings is 1. The van der Waals surface area contributed by atoms with E-state index in [-0.39, 0.29) is 10.6 Å². The second kappa shape index (κ2) is 4.63. The molecule has 104 valence electrons. The highest BCUT2D eigenvalue weighted by molar-refractivity contribution is 5.53. The second-order valence-electron chi connectivity index (χ2n) is 5.16. The molecule has 0 saturated carbocycles. The zero-order valence-corrected chi connectivity index (χ0v) is 11.3. The molecule has 0 radical (unpaired) electrons. The number of anilines is 1. The minimum absolute atomic E-state index is 0.0734.